The van der Waals surface area contributed by atoms with Gasteiger partial charge >= 0.3 is 0 Å². The number of ether oxygens (including phenoxy) is 2. The molecule has 0 spiro atoms. The quantitative estimate of drug-likeness (QED) is 0.588. The van der Waals surface area contributed by atoms with E-state index in [-0.39, 0.29) is 11.8 Å². The standard InChI is InChI=1S/C27H25ClN2O4/c1-33-22-13-16-11-12-30-25(20(16)14-23(22)34-2)24(18-8-4-5-9-19(18)27(30)32)26(31)29-15-17-7-3-6-10-21(17)28/h3-10,13-14,24-25H,11-12,15H2,1-2H3,(H,29,31)/t24-,25-/m1/s1. The SMILES string of the molecule is COc1cc2c(cc1OC)[C@@H]1[C@H](C(=O)NCc3ccccc3Cl)c3ccccc3C(=O)N1CC2. The van der Waals surface area contributed by atoms with Gasteiger partial charge in [0.05, 0.1) is 26.2 Å². The number of carbonyl (C=O) groups excluding carboxylic acids is 2. The van der Waals surface area contributed by atoms with Gasteiger partial charge in [0.25, 0.3) is 5.91 Å². The molecule has 2 aliphatic heterocycles. The first-order chi connectivity index (χ1) is 16.5. The number of methoxy groups -OCH3 is 2. The van der Waals surface area contributed by atoms with E-state index in [1.807, 2.05) is 53.4 Å². The predicted octanol–water partition coefficient (Wildman–Crippen LogP) is 4.51. The zero-order valence-electron chi connectivity index (χ0n) is 19.0. The van der Waals surface area contributed by atoms with Crippen LogP contribution in [0.5, 0.6) is 11.5 Å². The molecule has 0 saturated heterocycles. The molecule has 0 unspecified atom stereocenters. The molecule has 7 heteroatoms. The van der Waals surface area contributed by atoms with Crippen molar-refractivity contribution in [2.45, 2.75) is 24.9 Å². The summed E-state index contributed by atoms with van der Waals surface area (Å²) in [7, 11) is 3.19. The van der Waals surface area contributed by atoms with Crippen molar-refractivity contribution < 1.29 is 19.1 Å². The fourth-order valence-corrected chi connectivity index (χ4v) is 5.27. The lowest BCUT2D eigenvalue weighted by atomic mass is 9.75. The van der Waals surface area contributed by atoms with Gasteiger partial charge in [-0.15, -0.1) is 0 Å². The lowest BCUT2D eigenvalue weighted by Gasteiger charge is -2.45. The summed E-state index contributed by atoms with van der Waals surface area (Å²) in [5, 5.41) is 3.66. The number of hydrogen-bond donors (Lipinski definition) is 1. The highest BCUT2D eigenvalue weighted by atomic mass is 35.5. The third kappa shape index (κ3) is 3.68. The lowest BCUT2D eigenvalue weighted by molar-refractivity contribution is -0.124. The average molecular weight is 477 g/mol. The Morgan fingerprint density at radius 1 is 1.03 bits per heavy atom. The van der Waals surface area contributed by atoms with Crippen molar-refractivity contribution in [3.05, 3.63) is 93.5 Å². The normalized spacial score (nSPS) is 18.4. The summed E-state index contributed by atoms with van der Waals surface area (Å²) in [6.07, 6.45) is 0.675. The number of hydrogen-bond acceptors (Lipinski definition) is 4. The number of nitrogens with one attached hydrogen (secondary N) is 1. The van der Waals surface area contributed by atoms with Crippen molar-refractivity contribution in [2.75, 3.05) is 20.8 Å². The van der Waals surface area contributed by atoms with Gasteiger partial charge in [-0.25, -0.2) is 0 Å². The summed E-state index contributed by atoms with van der Waals surface area (Å²) >= 11 is 6.30. The second-order valence-corrected chi connectivity index (χ2v) is 8.88. The van der Waals surface area contributed by atoms with Crippen LogP contribution in [0.15, 0.2) is 60.7 Å². The maximum Gasteiger partial charge on any atom is 0.254 e. The Bertz CT molecular complexity index is 1280. The third-order valence-corrected chi connectivity index (χ3v) is 7.09. The number of rotatable bonds is 5. The van der Waals surface area contributed by atoms with Gasteiger partial charge in [-0.05, 0) is 52.9 Å². The van der Waals surface area contributed by atoms with Crippen LogP contribution in [0.1, 0.15) is 44.6 Å². The van der Waals surface area contributed by atoms with E-state index in [1.165, 1.54) is 0 Å². The highest BCUT2D eigenvalue weighted by Gasteiger charge is 2.46. The number of halogens is 1. The predicted molar refractivity (Wildman–Crippen MR) is 130 cm³/mol. The minimum Gasteiger partial charge on any atom is -0.493 e. The van der Waals surface area contributed by atoms with Crippen LogP contribution in [-0.2, 0) is 17.8 Å². The van der Waals surface area contributed by atoms with E-state index < -0.39 is 12.0 Å². The van der Waals surface area contributed by atoms with Crippen molar-refractivity contribution in [3.8, 4) is 11.5 Å². The minimum atomic E-state index is -0.575. The number of amides is 2. The first-order valence-electron chi connectivity index (χ1n) is 11.2. The first-order valence-corrected chi connectivity index (χ1v) is 11.6. The molecule has 0 radical (unpaired) electrons. The Labute approximate surface area is 203 Å². The molecule has 2 aliphatic rings. The van der Waals surface area contributed by atoms with Crippen LogP contribution in [-0.4, -0.2) is 37.5 Å². The molecule has 0 saturated carbocycles. The van der Waals surface area contributed by atoms with E-state index in [4.69, 9.17) is 21.1 Å². The van der Waals surface area contributed by atoms with Crippen molar-refractivity contribution in [1.29, 1.82) is 0 Å². The summed E-state index contributed by atoms with van der Waals surface area (Å²) < 4.78 is 11.0. The number of benzene rings is 3. The molecule has 0 aromatic heterocycles. The monoisotopic (exact) mass is 476 g/mol. The highest BCUT2D eigenvalue weighted by Crippen LogP contribution is 2.48. The van der Waals surface area contributed by atoms with Crippen LogP contribution >= 0.6 is 11.6 Å². The van der Waals surface area contributed by atoms with Gasteiger partial charge < -0.3 is 19.7 Å². The number of nitrogens with zero attached hydrogens (tertiary/aromatic N) is 1. The molecule has 5 rings (SSSR count). The zero-order valence-corrected chi connectivity index (χ0v) is 19.8. The van der Waals surface area contributed by atoms with Crippen LogP contribution in [0.4, 0.5) is 0 Å². The van der Waals surface area contributed by atoms with E-state index >= 15 is 0 Å². The molecule has 3 aromatic rings. The average Bonchev–Trinajstić information content (AvgIpc) is 2.87. The van der Waals surface area contributed by atoms with Crippen molar-refractivity contribution in [2.24, 2.45) is 0 Å². The Hall–Kier alpha value is -3.51. The lowest BCUT2D eigenvalue weighted by Crippen LogP contribution is -2.50. The van der Waals surface area contributed by atoms with Crippen molar-refractivity contribution >= 4 is 23.4 Å². The van der Waals surface area contributed by atoms with E-state index in [0.717, 1.165) is 22.3 Å². The van der Waals surface area contributed by atoms with Crippen molar-refractivity contribution in [1.82, 2.24) is 10.2 Å². The largest absolute Gasteiger partial charge is 0.493 e. The first kappa shape index (κ1) is 22.3. The Balaban J connectivity index is 1.59. The van der Waals surface area contributed by atoms with Gasteiger partial charge in [-0.1, -0.05) is 48.0 Å². The molecule has 174 valence electrons. The zero-order chi connectivity index (χ0) is 23.8. The summed E-state index contributed by atoms with van der Waals surface area (Å²) in [6, 6.07) is 18.2. The van der Waals surface area contributed by atoms with Crippen LogP contribution in [0.25, 0.3) is 0 Å². The maximum atomic E-state index is 13.7. The molecule has 34 heavy (non-hydrogen) atoms. The summed E-state index contributed by atoms with van der Waals surface area (Å²) in [4.78, 5) is 29.0. The Kier molecular flexibility index (Phi) is 5.92. The van der Waals surface area contributed by atoms with E-state index in [9.17, 15) is 9.59 Å². The molecule has 3 aromatic carbocycles. The molecule has 0 fully saturated rings. The molecule has 6 nitrogen and oxygen atoms in total. The molecular weight excluding hydrogens is 452 g/mol. The van der Waals surface area contributed by atoms with E-state index in [1.54, 1.807) is 26.4 Å². The van der Waals surface area contributed by atoms with Crippen molar-refractivity contribution in [3.63, 3.8) is 0 Å². The maximum absolute atomic E-state index is 13.7. The molecular formula is C27H25ClN2O4. The summed E-state index contributed by atoms with van der Waals surface area (Å²) in [6.45, 7) is 0.825. The smallest absolute Gasteiger partial charge is 0.254 e. The molecule has 0 aliphatic carbocycles. The third-order valence-electron chi connectivity index (χ3n) is 6.72. The second kappa shape index (κ2) is 9.03. The Morgan fingerprint density at radius 2 is 1.74 bits per heavy atom. The van der Waals surface area contributed by atoms with Gasteiger partial charge in [-0.2, -0.15) is 0 Å². The molecule has 2 heterocycles. The number of fused-ring (bicyclic) bond motifs is 4. The number of carbonyl (C=O) groups is 2. The molecule has 2 atom stereocenters. The van der Waals surface area contributed by atoms with Gasteiger partial charge in [0.2, 0.25) is 5.91 Å². The Morgan fingerprint density at radius 3 is 2.50 bits per heavy atom. The van der Waals surface area contributed by atoms with Crippen LogP contribution < -0.4 is 14.8 Å². The second-order valence-electron chi connectivity index (χ2n) is 8.47. The van der Waals surface area contributed by atoms with Crippen LogP contribution in [0, 0.1) is 0 Å². The minimum absolute atomic E-state index is 0.0591. The fraction of sp³-hybridized carbons (Fsp3) is 0.259. The summed E-state index contributed by atoms with van der Waals surface area (Å²) in [5.41, 5.74) is 4.10. The molecule has 2 amide bonds. The van der Waals surface area contributed by atoms with E-state index in [2.05, 4.69) is 5.32 Å². The molecule has 1 N–H and O–H groups in total. The highest BCUT2D eigenvalue weighted by molar-refractivity contribution is 6.31. The fourth-order valence-electron chi connectivity index (χ4n) is 5.07. The van der Waals surface area contributed by atoms with Gasteiger partial charge in [0.15, 0.2) is 11.5 Å². The van der Waals surface area contributed by atoms with Crippen LogP contribution in [0.2, 0.25) is 5.02 Å². The van der Waals surface area contributed by atoms with Gasteiger partial charge in [-0.3, -0.25) is 9.59 Å². The molecule has 0 bridgehead atoms. The van der Waals surface area contributed by atoms with Gasteiger partial charge in [0.1, 0.15) is 0 Å². The van der Waals surface area contributed by atoms with Crippen LogP contribution in [0.3, 0.4) is 0 Å². The summed E-state index contributed by atoms with van der Waals surface area (Å²) in [5.74, 6) is 0.420. The topological polar surface area (TPSA) is 67.9 Å². The van der Waals surface area contributed by atoms with E-state index in [0.29, 0.717) is 41.6 Å². The van der Waals surface area contributed by atoms with Gasteiger partial charge in [0, 0.05) is 23.7 Å².